The summed E-state index contributed by atoms with van der Waals surface area (Å²) in [6.45, 7) is 1.77. The van der Waals surface area contributed by atoms with Gasteiger partial charge in [0.2, 0.25) is 11.9 Å². The quantitative estimate of drug-likeness (QED) is 0.433. The number of aromatic nitrogens is 1. The number of carboxylic acids is 1. The number of rotatable bonds is 5. The first-order valence-corrected chi connectivity index (χ1v) is 7.63. The summed E-state index contributed by atoms with van der Waals surface area (Å²) in [7, 11) is 1.53. The zero-order valence-electron chi connectivity index (χ0n) is 14.0. The third-order valence-corrected chi connectivity index (χ3v) is 4.10. The number of pyridine rings is 1. The van der Waals surface area contributed by atoms with Crippen molar-refractivity contribution in [3.05, 3.63) is 65.0 Å². The average Bonchev–Trinajstić information content (AvgIpc) is 2.92. The van der Waals surface area contributed by atoms with Gasteiger partial charge < -0.3 is 14.2 Å². The highest BCUT2D eigenvalue weighted by Crippen LogP contribution is 2.32. The van der Waals surface area contributed by atoms with Crippen LogP contribution in [0.15, 0.2) is 47.6 Å². The molecule has 7 heteroatoms. The lowest BCUT2D eigenvalue weighted by atomic mass is 10.0. The van der Waals surface area contributed by atoms with Crippen LogP contribution < -0.4 is 4.74 Å². The molecule has 0 saturated carbocycles. The number of hydrogen-bond acceptors (Lipinski definition) is 5. The molecule has 3 rings (SSSR count). The fourth-order valence-electron chi connectivity index (χ4n) is 2.97. The number of methoxy groups -OCH3 is 1. The van der Waals surface area contributed by atoms with Crippen LogP contribution in [0, 0.1) is 6.92 Å². The van der Waals surface area contributed by atoms with Crippen molar-refractivity contribution in [2.24, 2.45) is 4.99 Å². The molecule has 26 heavy (non-hydrogen) atoms. The number of carbonyl (C=O) groups excluding carboxylic acids is 2. The van der Waals surface area contributed by atoms with Crippen LogP contribution in [0.1, 0.15) is 32.0 Å². The predicted octanol–water partition coefficient (Wildman–Crippen LogP) is 3.15. The van der Waals surface area contributed by atoms with Gasteiger partial charge in [-0.25, -0.2) is 9.59 Å². The summed E-state index contributed by atoms with van der Waals surface area (Å²) in [5, 5.41) is 9.31. The third kappa shape index (κ3) is 2.66. The first-order valence-electron chi connectivity index (χ1n) is 7.63. The van der Waals surface area contributed by atoms with E-state index < -0.39 is 5.97 Å². The second-order valence-corrected chi connectivity index (χ2v) is 5.53. The number of ketones is 1. The molecule has 0 fully saturated rings. The molecule has 1 N–H and O–H groups in total. The van der Waals surface area contributed by atoms with E-state index in [0.717, 1.165) is 5.52 Å². The van der Waals surface area contributed by atoms with Gasteiger partial charge in [-0.3, -0.25) is 4.79 Å². The molecular weight excluding hydrogens is 336 g/mol. The van der Waals surface area contributed by atoms with E-state index in [4.69, 9.17) is 4.74 Å². The van der Waals surface area contributed by atoms with Gasteiger partial charge in [0, 0.05) is 17.3 Å². The Labute approximate surface area is 148 Å². The fourth-order valence-corrected chi connectivity index (χ4v) is 2.97. The van der Waals surface area contributed by atoms with Crippen LogP contribution in [0.2, 0.25) is 0 Å². The summed E-state index contributed by atoms with van der Waals surface area (Å²) in [6, 6.07) is 9.39. The standard InChI is InChI=1S/C19H14N2O5/c1-11-16(21-8-4-3-5-15(21)18(11)26-2)17(23)12-6-7-14(20-10-22)13(9-12)19(24)25/h3-9H,1-2H3,(H,24,25). The summed E-state index contributed by atoms with van der Waals surface area (Å²) >= 11 is 0. The topological polar surface area (TPSA) is 97.4 Å². The fraction of sp³-hybridized carbons (Fsp3) is 0.105. The van der Waals surface area contributed by atoms with E-state index in [9.17, 15) is 19.5 Å². The maximum Gasteiger partial charge on any atom is 0.337 e. The van der Waals surface area contributed by atoms with E-state index >= 15 is 0 Å². The highest BCUT2D eigenvalue weighted by Gasteiger charge is 2.23. The molecule has 2 heterocycles. The van der Waals surface area contributed by atoms with Crippen molar-refractivity contribution in [2.75, 3.05) is 7.11 Å². The molecule has 0 aliphatic heterocycles. The number of carbonyl (C=O) groups is 2. The zero-order valence-corrected chi connectivity index (χ0v) is 14.0. The Morgan fingerprint density at radius 1 is 1.23 bits per heavy atom. The van der Waals surface area contributed by atoms with Crippen molar-refractivity contribution in [3.8, 4) is 5.75 Å². The van der Waals surface area contributed by atoms with Crippen LogP contribution in [0.3, 0.4) is 0 Å². The molecule has 0 unspecified atom stereocenters. The Hall–Kier alpha value is -3.70. The molecule has 0 atom stereocenters. The lowest BCUT2D eigenvalue weighted by Crippen LogP contribution is -2.08. The van der Waals surface area contributed by atoms with Crippen molar-refractivity contribution < 1.29 is 24.2 Å². The van der Waals surface area contributed by atoms with Gasteiger partial charge in [0.1, 0.15) is 11.4 Å². The normalized spacial score (nSPS) is 10.4. The smallest absolute Gasteiger partial charge is 0.337 e. The van der Waals surface area contributed by atoms with Crippen LogP contribution in [0.4, 0.5) is 5.69 Å². The van der Waals surface area contributed by atoms with E-state index in [1.54, 1.807) is 23.6 Å². The molecule has 0 bridgehead atoms. The molecule has 3 aromatic rings. The number of ether oxygens (including phenoxy) is 1. The molecule has 0 aliphatic rings. The number of nitrogens with zero attached hydrogens (tertiary/aromatic N) is 2. The SMILES string of the molecule is COc1c(C)c(C(=O)c2ccc(N=C=O)c(C(=O)O)c2)n2ccccc12. The van der Waals surface area contributed by atoms with Crippen molar-refractivity contribution in [1.82, 2.24) is 4.40 Å². The average molecular weight is 350 g/mol. The summed E-state index contributed by atoms with van der Waals surface area (Å²) in [5.41, 5.74) is 1.62. The van der Waals surface area contributed by atoms with Gasteiger partial charge in [0.15, 0.2) is 0 Å². The summed E-state index contributed by atoms with van der Waals surface area (Å²) in [4.78, 5) is 38.3. The van der Waals surface area contributed by atoms with Crippen LogP contribution in [0.25, 0.3) is 5.52 Å². The number of aromatic carboxylic acids is 1. The maximum absolute atomic E-state index is 13.1. The molecular formula is C19H14N2O5. The second kappa shape index (κ2) is 6.66. The molecule has 130 valence electrons. The Kier molecular flexibility index (Phi) is 4.39. The van der Waals surface area contributed by atoms with Gasteiger partial charge in [-0.2, -0.15) is 4.99 Å². The molecule has 1 aromatic carbocycles. The summed E-state index contributed by atoms with van der Waals surface area (Å²) in [5.74, 6) is -1.08. The van der Waals surface area contributed by atoms with Gasteiger partial charge in [0.25, 0.3) is 0 Å². The first-order chi connectivity index (χ1) is 12.5. The predicted molar refractivity (Wildman–Crippen MR) is 93.3 cm³/mol. The Bertz CT molecular complexity index is 1090. The zero-order chi connectivity index (χ0) is 18.8. The molecule has 0 aliphatic carbocycles. The van der Waals surface area contributed by atoms with E-state index in [-0.39, 0.29) is 22.6 Å². The number of fused-ring (bicyclic) bond motifs is 1. The Morgan fingerprint density at radius 2 is 2.00 bits per heavy atom. The second-order valence-electron chi connectivity index (χ2n) is 5.53. The first kappa shape index (κ1) is 17.1. The van der Waals surface area contributed by atoms with E-state index in [1.807, 2.05) is 12.1 Å². The molecule has 0 saturated heterocycles. The van der Waals surface area contributed by atoms with Gasteiger partial charge in [-0.05, 0) is 37.3 Å². The Morgan fingerprint density at radius 3 is 2.65 bits per heavy atom. The lowest BCUT2D eigenvalue weighted by molar-refractivity contribution is 0.0698. The summed E-state index contributed by atoms with van der Waals surface area (Å²) < 4.78 is 7.12. The minimum Gasteiger partial charge on any atom is -0.494 e. The molecule has 0 spiro atoms. The highest BCUT2D eigenvalue weighted by atomic mass is 16.5. The van der Waals surface area contributed by atoms with Gasteiger partial charge in [-0.1, -0.05) is 6.07 Å². The molecule has 0 radical (unpaired) electrons. The van der Waals surface area contributed by atoms with Gasteiger partial charge >= 0.3 is 5.97 Å². The monoisotopic (exact) mass is 350 g/mol. The van der Waals surface area contributed by atoms with Crippen molar-refractivity contribution in [2.45, 2.75) is 6.92 Å². The number of isocyanates is 1. The van der Waals surface area contributed by atoms with Crippen molar-refractivity contribution >= 4 is 29.0 Å². The minimum atomic E-state index is -1.29. The van der Waals surface area contributed by atoms with Crippen LogP contribution in [-0.2, 0) is 4.79 Å². The molecule has 7 nitrogen and oxygen atoms in total. The van der Waals surface area contributed by atoms with E-state index in [1.165, 1.54) is 31.4 Å². The number of benzene rings is 1. The van der Waals surface area contributed by atoms with Gasteiger partial charge in [-0.15, -0.1) is 0 Å². The molecule has 0 amide bonds. The Balaban J connectivity index is 2.21. The number of hydrogen-bond donors (Lipinski definition) is 1. The van der Waals surface area contributed by atoms with Crippen molar-refractivity contribution in [1.29, 1.82) is 0 Å². The minimum absolute atomic E-state index is 0.0571. The number of carboxylic acid groups (broad SMARTS) is 1. The van der Waals surface area contributed by atoms with E-state index in [0.29, 0.717) is 17.0 Å². The lowest BCUT2D eigenvalue weighted by Gasteiger charge is -2.06. The largest absolute Gasteiger partial charge is 0.494 e. The van der Waals surface area contributed by atoms with Crippen LogP contribution >= 0.6 is 0 Å². The van der Waals surface area contributed by atoms with Crippen LogP contribution in [0.5, 0.6) is 5.75 Å². The third-order valence-electron chi connectivity index (χ3n) is 4.10. The van der Waals surface area contributed by atoms with Gasteiger partial charge in [0.05, 0.1) is 23.9 Å². The molecule has 2 aromatic heterocycles. The highest BCUT2D eigenvalue weighted by molar-refractivity contribution is 6.11. The summed E-state index contributed by atoms with van der Waals surface area (Å²) in [6.07, 6.45) is 3.05. The maximum atomic E-state index is 13.1. The van der Waals surface area contributed by atoms with Crippen molar-refractivity contribution in [3.63, 3.8) is 0 Å². The number of aliphatic imine (C=N–C) groups is 1. The van der Waals surface area contributed by atoms with Crippen LogP contribution in [-0.4, -0.2) is 34.4 Å². The van der Waals surface area contributed by atoms with E-state index in [2.05, 4.69) is 4.99 Å².